The minimum absolute atomic E-state index is 0.217. The number of fused-ring (bicyclic) bond motifs is 2. The van der Waals surface area contributed by atoms with E-state index in [-0.39, 0.29) is 24.1 Å². The molecule has 2 aromatic heterocycles. The number of benzene rings is 4. The molecule has 0 radical (unpaired) electrons. The van der Waals surface area contributed by atoms with E-state index in [1.807, 2.05) is 48.5 Å². The van der Waals surface area contributed by atoms with Gasteiger partial charge in [-0.05, 0) is 40.5 Å². The van der Waals surface area contributed by atoms with Crippen molar-refractivity contribution in [2.75, 3.05) is 6.54 Å². The predicted octanol–water partition coefficient (Wildman–Crippen LogP) is 5.85. The maximum atomic E-state index is 13.2. The molecule has 0 bridgehead atoms. The highest BCUT2D eigenvalue weighted by molar-refractivity contribution is 7.13. The summed E-state index contributed by atoms with van der Waals surface area (Å²) in [7, 11) is 0. The van der Waals surface area contributed by atoms with Crippen LogP contribution in [-0.4, -0.2) is 45.3 Å². The van der Waals surface area contributed by atoms with Crippen LogP contribution in [-0.2, 0) is 4.79 Å². The van der Waals surface area contributed by atoms with Crippen molar-refractivity contribution in [1.29, 1.82) is 0 Å². The van der Waals surface area contributed by atoms with Crippen LogP contribution in [0.3, 0.4) is 0 Å². The van der Waals surface area contributed by atoms with Crippen LogP contribution < -0.4 is 10.7 Å². The molecule has 6 aromatic rings. The van der Waals surface area contributed by atoms with Gasteiger partial charge in [0, 0.05) is 29.1 Å². The molecule has 1 saturated heterocycles. The summed E-state index contributed by atoms with van der Waals surface area (Å²) in [5, 5.41) is 9.57. The van der Waals surface area contributed by atoms with Gasteiger partial charge in [0.05, 0.1) is 11.1 Å². The summed E-state index contributed by atoms with van der Waals surface area (Å²) in [6.07, 6.45) is 1.99. The normalized spacial score (nSPS) is 14.7. The number of hydrogen-bond donors (Lipinski definition) is 2. The SMILES string of the molecule is O=C(NN1CC[C@@H](NC(=O)c2cccc3cccnc23)C1=O)c1csc(-c2ccccc2-c2cccc3ccccc23)n1. The highest BCUT2D eigenvalue weighted by atomic mass is 32.1. The van der Waals surface area contributed by atoms with Gasteiger partial charge in [-0.2, -0.15) is 0 Å². The average Bonchev–Trinajstić information content (AvgIpc) is 3.68. The average molecular weight is 584 g/mol. The molecule has 2 N–H and O–H groups in total. The smallest absolute Gasteiger partial charge is 0.289 e. The Labute approximate surface area is 251 Å². The van der Waals surface area contributed by atoms with Gasteiger partial charge in [0.15, 0.2) is 0 Å². The van der Waals surface area contributed by atoms with E-state index in [1.54, 1.807) is 29.8 Å². The van der Waals surface area contributed by atoms with Crippen molar-refractivity contribution >= 4 is 50.7 Å². The molecule has 210 valence electrons. The minimum atomic E-state index is -0.759. The summed E-state index contributed by atoms with van der Waals surface area (Å²) in [5.74, 6) is -1.25. The van der Waals surface area contributed by atoms with E-state index < -0.39 is 11.9 Å². The summed E-state index contributed by atoms with van der Waals surface area (Å²) >= 11 is 1.37. The molecule has 1 atom stereocenters. The fraction of sp³-hybridized carbons (Fsp3) is 0.0882. The number of thiazole rings is 1. The minimum Gasteiger partial charge on any atom is -0.340 e. The molecule has 1 fully saturated rings. The van der Waals surface area contributed by atoms with Gasteiger partial charge in [-0.15, -0.1) is 11.3 Å². The van der Waals surface area contributed by atoms with Gasteiger partial charge in [0.2, 0.25) is 0 Å². The fourth-order valence-electron chi connectivity index (χ4n) is 5.49. The number of hydrazine groups is 1. The molecule has 43 heavy (non-hydrogen) atoms. The van der Waals surface area contributed by atoms with Crippen LogP contribution in [0.2, 0.25) is 0 Å². The first kappa shape index (κ1) is 26.5. The van der Waals surface area contributed by atoms with Crippen molar-refractivity contribution in [3.05, 3.63) is 120 Å². The monoisotopic (exact) mass is 583 g/mol. The van der Waals surface area contributed by atoms with Crippen LogP contribution in [0.5, 0.6) is 0 Å². The maximum Gasteiger partial charge on any atom is 0.289 e. The second-order valence-corrected chi connectivity index (χ2v) is 11.1. The molecule has 9 heteroatoms. The highest BCUT2D eigenvalue weighted by Crippen LogP contribution is 2.37. The molecular formula is C34H25N5O3S. The zero-order valence-corrected chi connectivity index (χ0v) is 23.7. The van der Waals surface area contributed by atoms with Crippen LogP contribution in [0.1, 0.15) is 27.3 Å². The Morgan fingerprint density at radius 3 is 2.42 bits per heavy atom. The quantitative estimate of drug-likeness (QED) is 0.256. The van der Waals surface area contributed by atoms with E-state index in [0.717, 1.165) is 32.8 Å². The van der Waals surface area contributed by atoms with E-state index >= 15 is 0 Å². The topological polar surface area (TPSA) is 104 Å². The predicted molar refractivity (Wildman–Crippen MR) is 167 cm³/mol. The number of nitrogens with zero attached hydrogens (tertiary/aromatic N) is 3. The Balaban J connectivity index is 1.06. The van der Waals surface area contributed by atoms with Crippen LogP contribution in [0.15, 0.2) is 109 Å². The number of hydrogen-bond acceptors (Lipinski definition) is 6. The van der Waals surface area contributed by atoms with Crippen LogP contribution in [0.4, 0.5) is 0 Å². The number of para-hydroxylation sites is 1. The standard InChI is InChI=1S/C34H25N5O3S/c40-31(27-16-6-10-22-11-7-18-35-30(22)27)36-28-17-19-39(34(28)42)38-32(41)29-20-43-33(37-29)26-14-4-3-13-25(26)24-15-5-9-21-8-1-2-12-23(21)24/h1-16,18,20,28H,17,19H2,(H,36,40)(H,38,41)/t28-/m1/s1. The lowest BCUT2D eigenvalue weighted by Crippen LogP contribution is -2.48. The van der Waals surface area contributed by atoms with Crippen molar-refractivity contribution < 1.29 is 14.4 Å². The van der Waals surface area contributed by atoms with E-state index in [2.05, 4.69) is 51.0 Å². The van der Waals surface area contributed by atoms with Gasteiger partial charge in [-0.3, -0.25) is 29.8 Å². The Hall–Kier alpha value is -5.41. The molecule has 4 aromatic carbocycles. The van der Waals surface area contributed by atoms with Gasteiger partial charge in [-0.1, -0.05) is 84.9 Å². The first-order valence-corrected chi connectivity index (χ1v) is 14.7. The number of aromatic nitrogens is 2. The third-order valence-electron chi connectivity index (χ3n) is 7.60. The molecule has 8 nitrogen and oxygen atoms in total. The summed E-state index contributed by atoms with van der Waals surface area (Å²) in [6, 6.07) is 30.7. The van der Waals surface area contributed by atoms with Crippen molar-refractivity contribution in [2.24, 2.45) is 0 Å². The van der Waals surface area contributed by atoms with Gasteiger partial charge in [0.25, 0.3) is 17.7 Å². The lowest BCUT2D eigenvalue weighted by atomic mass is 9.95. The number of carbonyl (C=O) groups excluding carboxylic acids is 3. The number of carbonyl (C=O) groups is 3. The zero-order chi connectivity index (χ0) is 29.3. The summed E-state index contributed by atoms with van der Waals surface area (Å²) in [4.78, 5) is 48.3. The molecule has 0 spiro atoms. The van der Waals surface area contributed by atoms with E-state index in [0.29, 0.717) is 22.5 Å². The molecule has 0 aliphatic carbocycles. The largest absolute Gasteiger partial charge is 0.340 e. The summed E-state index contributed by atoms with van der Waals surface area (Å²) in [5.41, 5.74) is 6.89. The number of pyridine rings is 1. The fourth-order valence-corrected chi connectivity index (χ4v) is 6.33. The maximum absolute atomic E-state index is 13.2. The van der Waals surface area contributed by atoms with Crippen LogP contribution in [0, 0.1) is 0 Å². The number of rotatable bonds is 6. The highest BCUT2D eigenvalue weighted by Gasteiger charge is 2.35. The molecule has 0 saturated carbocycles. The lowest BCUT2D eigenvalue weighted by molar-refractivity contribution is -0.131. The zero-order valence-electron chi connectivity index (χ0n) is 22.9. The molecule has 7 rings (SSSR count). The van der Waals surface area contributed by atoms with Crippen molar-refractivity contribution in [2.45, 2.75) is 12.5 Å². The first-order chi connectivity index (χ1) is 21.1. The molecule has 3 amide bonds. The molecule has 1 aliphatic heterocycles. The van der Waals surface area contributed by atoms with Crippen molar-refractivity contribution in [1.82, 2.24) is 25.7 Å². The van der Waals surface area contributed by atoms with Gasteiger partial charge >= 0.3 is 0 Å². The van der Waals surface area contributed by atoms with Crippen LogP contribution >= 0.6 is 11.3 Å². The second kappa shape index (κ2) is 11.1. The molecule has 3 heterocycles. The number of amides is 3. The van der Waals surface area contributed by atoms with Crippen LogP contribution in [0.25, 0.3) is 43.4 Å². The third kappa shape index (κ3) is 5.00. The second-order valence-electron chi connectivity index (χ2n) is 10.2. The molecular weight excluding hydrogens is 558 g/mol. The van der Waals surface area contributed by atoms with Gasteiger partial charge < -0.3 is 5.32 Å². The Bertz CT molecular complexity index is 2030. The lowest BCUT2D eigenvalue weighted by Gasteiger charge is -2.17. The van der Waals surface area contributed by atoms with Crippen molar-refractivity contribution in [3.63, 3.8) is 0 Å². The Kier molecular flexibility index (Phi) is 6.84. The third-order valence-corrected chi connectivity index (χ3v) is 8.47. The molecule has 1 aliphatic rings. The van der Waals surface area contributed by atoms with Gasteiger partial charge in [0.1, 0.15) is 16.7 Å². The first-order valence-electron chi connectivity index (χ1n) is 13.9. The summed E-state index contributed by atoms with van der Waals surface area (Å²) in [6.45, 7) is 0.268. The summed E-state index contributed by atoms with van der Waals surface area (Å²) < 4.78 is 0. The number of nitrogens with one attached hydrogen (secondary N) is 2. The van der Waals surface area contributed by atoms with E-state index in [9.17, 15) is 14.4 Å². The Morgan fingerprint density at radius 1 is 0.791 bits per heavy atom. The van der Waals surface area contributed by atoms with E-state index in [1.165, 1.54) is 16.3 Å². The van der Waals surface area contributed by atoms with Gasteiger partial charge in [-0.25, -0.2) is 4.98 Å². The van der Waals surface area contributed by atoms with E-state index in [4.69, 9.17) is 0 Å². The Morgan fingerprint density at radius 2 is 1.51 bits per heavy atom. The van der Waals surface area contributed by atoms with Crippen molar-refractivity contribution in [3.8, 4) is 21.7 Å². The molecule has 0 unspecified atom stereocenters.